The first-order valence-electron chi connectivity index (χ1n) is 6.03. The van der Waals surface area contributed by atoms with Crippen LogP contribution in [0.25, 0.3) is 0 Å². The molecule has 0 aliphatic carbocycles. The van der Waals surface area contributed by atoms with Crippen molar-refractivity contribution >= 4 is 27.3 Å². The first-order chi connectivity index (χ1) is 9.37. The number of nitrogens with two attached hydrogens (primary N) is 1. The number of non-ortho nitro benzene ring substituents is 1. The van der Waals surface area contributed by atoms with Gasteiger partial charge in [0, 0.05) is 31.3 Å². The lowest BCUT2D eigenvalue weighted by atomic mass is 10.2. The maximum atomic E-state index is 12.6. The summed E-state index contributed by atoms with van der Waals surface area (Å²) in [4.78, 5) is 9.87. The van der Waals surface area contributed by atoms with Crippen LogP contribution in [0.1, 0.15) is 12.8 Å². The summed E-state index contributed by atoms with van der Waals surface area (Å²) >= 11 is 5.90. The molecule has 2 N–H and O–H groups in total. The van der Waals surface area contributed by atoms with Gasteiger partial charge in [-0.25, -0.2) is 8.42 Å². The summed E-state index contributed by atoms with van der Waals surface area (Å²) in [6.45, 7) is 0.564. The molecule has 110 valence electrons. The summed E-state index contributed by atoms with van der Waals surface area (Å²) < 4.78 is 26.4. The number of hydrogen-bond acceptors (Lipinski definition) is 5. The Morgan fingerprint density at radius 1 is 1.50 bits per heavy atom. The molecule has 0 spiro atoms. The molecule has 0 bridgehead atoms. The fraction of sp³-hybridized carbons (Fsp3) is 0.455. The second-order valence-electron chi connectivity index (χ2n) is 4.52. The Bertz CT molecular complexity index is 635. The van der Waals surface area contributed by atoms with Gasteiger partial charge in [0.05, 0.1) is 9.95 Å². The molecule has 0 saturated carbocycles. The van der Waals surface area contributed by atoms with Crippen LogP contribution in [-0.4, -0.2) is 36.8 Å². The van der Waals surface area contributed by atoms with Gasteiger partial charge in [0.2, 0.25) is 10.0 Å². The lowest BCUT2D eigenvalue weighted by Gasteiger charge is -2.23. The van der Waals surface area contributed by atoms with E-state index in [9.17, 15) is 18.5 Å². The highest BCUT2D eigenvalue weighted by molar-refractivity contribution is 7.89. The minimum absolute atomic E-state index is 0.0294. The van der Waals surface area contributed by atoms with Crippen LogP contribution >= 0.6 is 11.6 Å². The SMILES string of the molecule is NCC1CCCN1S(=O)(=O)c1cc([N+](=O)[O-])ccc1Cl. The molecule has 1 atom stereocenters. The van der Waals surface area contributed by atoms with Crippen LogP contribution in [0.2, 0.25) is 5.02 Å². The monoisotopic (exact) mass is 319 g/mol. The molecule has 1 saturated heterocycles. The van der Waals surface area contributed by atoms with Crippen LogP contribution in [0.15, 0.2) is 23.1 Å². The number of hydrogen-bond donors (Lipinski definition) is 1. The lowest BCUT2D eigenvalue weighted by Crippen LogP contribution is -2.39. The van der Waals surface area contributed by atoms with Gasteiger partial charge in [-0.3, -0.25) is 10.1 Å². The van der Waals surface area contributed by atoms with Crippen molar-refractivity contribution in [3.05, 3.63) is 33.3 Å². The number of sulfonamides is 1. The van der Waals surface area contributed by atoms with Crippen molar-refractivity contribution in [1.82, 2.24) is 4.31 Å². The highest BCUT2D eigenvalue weighted by atomic mass is 35.5. The third-order valence-electron chi connectivity index (χ3n) is 3.31. The van der Waals surface area contributed by atoms with Crippen molar-refractivity contribution in [2.45, 2.75) is 23.8 Å². The largest absolute Gasteiger partial charge is 0.329 e. The molecule has 0 amide bonds. The van der Waals surface area contributed by atoms with E-state index in [2.05, 4.69) is 0 Å². The number of benzene rings is 1. The van der Waals surface area contributed by atoms with Crippen molar-refractivity contribution < 1.29 is 13.3 Å². The van der Waals surface area contributed by atoms with Crippen LogP contribution < -0.4 is 5.73 Å². The zero-order chi connectivity index (χ0) is 14.9. The normalized spacial score (nSPS) is 20.2. The van der Waals surface area contributed by atoms with Crippen LogP contribution in [0.4, 0.5) is 5.69 Å². The molecule has 1 aliphatic rings. The molecule has 1 aromatic carbocycles. The standard InChI is InChI=1S/C11H14ClN3O4S/c12-10-4-3-8(15(16)17)6-11(10)20(18,19)14-5-1-2-9(14)7-13/h3-4,6,9H,1-2,5,7,13H2. The number of nitro benzene ring substituents is 1. The molecule has 1 aromatic rings. The third-order valence-corrected chi connectivity index (χ3v) is 5.74. The van der Waals surface area contributed by atoms with E-state index in [1.807, 2.05) is 0 Å². The smallest absolute Gasteiger partial charge is 0.270 e. The molecule has 0 aromatic heterocycles. The Labute approximate surface area is 121 Å². The van der Waals surface area contributed by atoms with E-state index in [0.29, 0.717) is 19.4 Å². The predicted molar refractivity (Wildman–Crippen MR) is 74.1 cm³/mol. The molecule has 20 heavy (non-hydrogen) atoms. The molecule has 1 unspecified atom stereocenters. The molecular weight excluding hydrogens is 306 g/mol. The van der Waals surface area contributed by atoms with E-state index in [4.69, 9.17) is 17.3 Å². The van der Waals surface area contributed by atoms with Crippen LogP contribution in [0, 0.1) is 10.1 Å². The van der Waals surface area contributed by atoms with E-state index in [1.165, 1.54) is 16.4 Å². The van der Waals surface area contributed by atoms with E-state index >= 15 is 0 Å². The second-order valence-corrected chi connectivity index (χ2v) is 6.79. The highest BCUT2D eigenvalue weighted by Crippen LogP contribution is 2.32. The van der Waals surface area contributed by atoms with Gasteiger partial charge in [-0.1, -0.05) is 11.6 Å². The van der Waals surface area contributed by atoms with Crippen molar-refractivity contribution in [2.75, 3.05) is 13.1 Å². The van der Waals surface area contributed by atoms with Gasteiger partial charge in [0.25, 0.3) is 5.69 Å². The first-order valence-corrected chi connectivity index (χ1v) is 7.85. The molecule has 0 radical (unpaired) electrons. The van der Waals surface area contributed by atoms with E-state index in [1.54, 1.807) is 0 Å². The number of nitrogens with zero attached hydrogens (tertiary/aromatic N) is 2. The molecule has 1 heterocycles. The Morgan fingerprint density at radius 3 is 2.80 bits per heavy atom. The average Bonchev–Trinajstić information content (AvgIpc) is 2.87. The van der Waals surface area contributed by atoms with E-state index < -0.39 is 14.9 Å². The molecule has 1 aliphatic heterocycles. The van der Waals surface area contributed by atoms with Crippen molar-refractivity contribution in [3.63, 3.8) is 0 Å². The fourth-order valence-electron chi connectivity index (χ4n) is 2.29. The van der Waals surface area contributed by atoms with Gasteiger partial charge < -0.3 is 5.73 Å². The highest BCUT2D eigenvalue weighted by Gasteiger charge is 2.36. The van der Waals surface area contributed by atoms with E-state index in [-0.39, 0.29) is 28.2 Å². The number of halogens is 1. The number of nitro groups is 1. The van der Waals surface area contributed by atoms with Gasteiger partial charge >= 0.3 is 0 Å². The predicted octanol–water partition coefficient (Wildman–Crippen LogP) is 1.36. The lowest BCUT2D eigenvalue weighted by molar-refractivity contribution is -0.385. The Kier molecular flexibility index (Phi) is 4.28. The third kappa shape index (κ3) is 2.64. The Balaban J connectivity index is 2.48. The van der Waals surface area contributed by atoms with Crippen molar-refractivity contribution in [3.8, 4) is 0 Å². The summed E-state index contributed by atoms with van der Waals surface area (Å²) in [6, 6.07) is 3.10. The molecule has 7 nitrogen and oxygen atoms in total. The van der Waals surface area contributed by atoms with Gasteiger partial charge in [-0.05, 0) is 18.9 Å². The molecule has 2 rings (SSSR count). The molecule has 9 heteroatoms. The maximum absolute atomic E-state index is 12.6. The topological polar surface area (TPSA) is 107 Å². The van der Waals surface area contributed by atoms with Crippen LogP contribution in [0.3, 0.4) is 0 Å². The maximum Gasteiger partial charge on any atom is 0.270 e. The van der Waals surface area contributed by atoms with Crippen molar-refractivity contribution in [2.24, 2.45) is 5.73 Å². The van der Waals surface area contributed by atoms with Gasteiger partial charge in [0.1, 0.15) is 4.90 Å². The van der Waals surface area contributed by atoms with Crippen molar-refractivity contribution in [1.29, 1.82) is 0 Å². The second kappa shape index (κ2) is 5.65. The summed E-state index contributed by atoms with van der Waals surface area (Å²) in [7, 11) is -3.87. The summed E-state index contributed by atoms with van der Waals surface area (Å²) in [5.41, 5.74) is 5.26. The van der Waals surface area contributed by atoms with Gasteiger partial charge in [-0.2, -0.15) is 4.31 Å². The number of rotatable bonds is 4. The van der Waals surface area contributed by atoms with Gasteiger partial charge in [0.15, 0.2) is 0 Å². The summed E-state index contributed by atoms with van der Waals surface area (Å²) in [6.07, 6.45) is 1.40. The van der Waals surface area contributed by atoms with Crippen LogP contribution in [-0.2, 0) is 10.0 Å². The summed E-state index contributed by atoms with van der Waals surface area (Å²) in [5.74, 6) is 0. The first kappa shape index (κ1) is 15.2. The Morgan fingerprint density at radius 2 is 2.20 bits per heavy atom. The minimum atomic E-state index is -3.87. The van der Waals surface area contributed by atoms with Crippen LogP contribution in [0.5, 0.6) is 0 Å². The molecule has 1 fully saturated rings. The fourth-order valence-corrected chi connectivity index (χ4v) is 4.49. The van der Waals surface area contributed by atoms with Gasteiger partial charge in [-0.15, -0.1) is 0 Å². The molecular formula is C11H14ClN3O4S. The van der Waals surface area contributed by atoms with E-state index in [0.717, 1.165) is 6.07 Å². The zero-order valence-electron chi connectivity index (χ0n) is 10.5. The zero-order valence-corrected chi connectivity index (χ0v) is 12.1. The summed E-state index contributed by atoms with van der Waals surface area (Å²) in [5, 5.41) is 10.7. The minimum Gasteiger partial charge on any atom is -0.329 e. The quantitative estimate of drug-likeness (QED) is 0.666. The Hall–Kier alpha value is -1.22. The average molecular weight is 320 g/mol.